The molecule has 110 valence electrons. The quantitative estimate of drug-likeness (QED) is 0.532. The van der Waals surface area contributed by atoms with Gasteiger partial charge in [0.2, 0.25) is 11.8 Å². The van der Waals surface area contributed by atoms with Gasteiger partial charge in [0.15, 0.2) is 0 Å². The minimum Gasteiger partial charge on any atom is -0.508 e. The molecule has 7 heteroatoms. The lowest BCUT2D eigenvalue weighted by Gasteiger charge is -2.12. The highest BCUT2D eigenvalue weighted by Crippen LogP contribution is 2.26. The fraction of sp³-hybridized carbons (Fsp3) is 0.214. The summed E-state index contributed by atoms with van der Waals surface area (Å²) in [5.41, 5.74) is 7.51. The van der Waals surface area contributed by atoms with Crippen LogP contribution < -0.4 is 11.1 Å². The number of nitrogens with two attached hydrogens (primary N) is 1. The minimum atomic E-state index is -0.328. The van der Waals surface area contributed by atoms with Crippen LogP contribution in [0.2, 0.25) is 0 Å². The van der Waals surface area contributed by atoms with Gasteiger partial charge in [0.1, 0.15) is 17.1 Å². The van der Waals surface area contributed by atoms with E-state index in [4.69, 9.17) is 11.1 Å². The van der Waals surface area contributed by atoms with Crippen LogP contribution in [0.5, 0.6) is 11.6 Å². The maximum absolute atomic E-state index is 9.94. The Morgan fingerprint density at radius 2 is 2.10 bits per heavy atom. The van der Waals surface area contributed by atoms with Gasteiger partial charge in [-0.1, -0.05) is 19.1 Å². The smallest absolute Gasteiger partial charge is 0.240 e. The molecule has 0 saturated heterocycles. The van der Waals surface area contributed by atoms with E-state index >= 15 is 0 Å². The number of nitrogen functional groups attached to an aromatic ring is 1. The molecular weight excluding hydrogens is 270 g/mol. The summed E-state index contributed by atoms with van der Waals surface area (Å²) in [5, 5.41) is 29.9. The van der Waals surface area contributed by atoms with Crippen LogP contribution in [0.25, 0.3) is 0 Å². The molecular formula is C14H17N5O2. The van der Waals surface area contributed by atoms with E-state index in [0.717, 1.165) is 18.2 Å². The van der Waals surface area contributed by atoms with Crippen molar-refractivity contribution in [2.45, 2.75) is 19.9 Å². The fourth-order valence-electron chi connectivity index (χ4n) is 1.92. The normalized spacial score (nSPS) is 10.3. The molecule has 6 N–H and O–H groups in total. The van der Waals surface area contributed by atoms with E-state index in [1.807, 2.05) is 13.0 Å². The van der Waals surface area contributed by atoms with Gasteiger partial charge in [-0.05, 0) is 18.1 Å². The molecule has 0 fully saturated rings. The second kappa shape index (κ2) is 6.08. The maximum Gasteiger partial charge on any atom is 0.240 e. The van der Waals surface area contributed by atoms with Gasteiger partial charge >= 0.3 is 0 Å². The predicted octanol–water partition coefficient (Wildman–Crippen LogP) is 1.64. The second-order valence-electron chi connectivity index (χ2n) is 4.48. The molecule has 7 nitrogen and oxygen atoms in total. The van der Waals surface area contributed by atoms with Gasteiger partial charge in [-0.3, -0.25) is 0 Å². The number of phenols is 1. The van der Waals surface area contributed by atoms with Gasteiger partial charge in [0.05, 0.1) is 0 Å². The van der Waals surface area contributed by atoms with Crippen molar-refractivity contribution < 1.29 is 10.2 Å². The third-order valence-electron chi connectivity index (χ3n) is 3.09. The zero-order chi connectivity index (χ0) is 15.4. The predicted molar refractivity (Wildman–Crippen MR) is 80.8 cm³/mol. The van der Waals surface area contributed by atoms with Crippen molar-refractivity contribution >= 4 is 17.9 Å². The molecule has 0 amide bonds. The molecule has 1 aromatic carbocycles. The van der Waals surface area contributed by atoms with Crippen molar-refractivity contribution in [2.24, 2.45) is 0 Å². The number of hydrogen-bond donors (Lipinski definition) is 5. The SMILES string of the molecule is CCc1ccc(CNc2c(O)nc(N)nc2C=N)c(O)c1. The monoisotopic (exact) mass is 287 g/mol. The number of rotatable bonds is 5. The standard InChI is InChI=1S/C14H17N5O2/c1-2-8-3-4-9(11(20)5-8)7-17-12-10(6-15)18-14(16)19-13(12)21/h3-6,15,17,20H,2,7H2,1H3,(H3,16,18,19,21). The molecule has 1 heterocycles. The first-order valence-corrected chi connectivity index (χ1v) is 6.46. The van der Waals surface area contributed by atoms with Crippen LogP contribution in [-0.4, -0.2) is 26.4 Å². The summed E-state index contributed by atoms with van der Waals surface area (Å²) < 4.78 is 0. The van der Waals surface area contributed by atoms with Crippen LogP contribution in [0, 0.1) is 5.41 Å². The van der Waals surface area contributed by atoms with Crippen molar-refractivity contribution in [2.75, 3.05) is 11.1 Å². The Bertz CT molecular complexity index is 673. The number of phenolic OH excluding ortho intramolecular Hbond substituents is 1. The van der Waals surface area contributed by atoms with Crippen molar-refractivity contribution in [1.82, 2.24) is 9.97 Å². The Balaban J connectivity index is 2.22. The zero-order valence-electron chi connectivity index (χ0n) is 11.6. The van der Waals surface area contributed by atoms with Crippen molar-refractivity contribution in [1.29, 1.82) is 5.41 Å². The van der Waals surface area contributed by atoms with Gasteiger partial charge in [-0.2, -0.15) is 4.98 Å². The maximum atomic E-state index is 9.94. The lowest BCUT2D eigenvalue weighted by Crippen LogP contribution is -2.07. The Labute approximate surface area is 122 Å². The van der Waals surface area contributed by atoms with Crippen LogP contribution in [0.1, 0.15) is 23.7 Å². The Hall–Kier alpha value is -2.83. The first-order chi connectivity index (χ1) is 10.0. The molecule has 0 aliphatic heterocycles. The van der Waals surface area contributed by atoms with E-state index in [1.165, 1.54) is 0 Å². The van der Waals surface area contributed by atoms with Crippen molar-refractivity contribution in [3.05, 3.63) is 35.0 Å². The Kier molecular flexibility index (Phi) is 4.22. The summed E-state index contributed by atoms with van der Waals surface area (Å²) in [5.74, 6) is -0.258. The van der Waals surface area contributed by atoms with Crippen molar-refractivity contribution in [3.8, 4) is 11.6 Å². The molecule has 0 aliphatic carbocycles. The highest BCUT2D eigenvalue weighted by Gasteiger charge is 2.12. The van der Waals surface area contributed by atoms with E-state index < -0.39 is 0 Å². The molecule has 0 radical (unpaired) electrons. The lowest BCUT2D eigenvalue weighted by atomic mass is 10.1. The third-order valence-corrected chi connectivity index (χ3v) is 3.09. The number of nitrogens with one attached hydrogen (secondary N) is 2. The average molecular weight is 287 g/mol. The fourth-order valence-corrected chi connectivity index (χ4v) is 1.92. The summed E-state index contributed by atoms with van der Waals surface area (Å²) in [4.78, 5) is 7.49. The summed E-state index contributed by atoms with van der Waals surface area (Å²) in [6, 6.07) is 5.43. The van der Waals surface area contributed by atoms with Crippen LogP contribution in [0.15, 0.2) is 18.2 Å². The summed E-state index contributed by atoms with van der Waals surface area (Å²) in [6.45, 7) is 2.27. The zero-order valence-corrected chi connectivity index (χ0v) is 11.6. The van der Waals surface area contributed by atoms with Crippen LogP contribution in [0.4, 0.5) is 11.6 Å². The van der Waals surface area contributed by atoms with Gasteiger partial charge in [0, 0.05) is 18.3 Å². The highest BCUT2D eigenvalue weighted by atomic mass is 16.3. The van der Waals surface area contributed by atoms with Gasteiger partial charge < -0.3 is 26.7 Å². The minimum absolute atomic E-state index is 0.105. The van der Waals surface area contributed by atoms with E-state index in [1.54, 1.807) is 12.1 Å². The molecule has 0 bridgehead atoms. The summed E-state index contributed by atoms with van der Waals surface area (Å²) in [7, 11) is 0. The third kappa shape index (κ3) is 3.19. The van der Waals surface area contributed by atoms with E-state index in [-0.39, 0.29) is 35.5 Å². The van der Waals surface area contributed by atoms with Crippen LogP contribution in [0.3, 0.4) is 0 Å². The molecule has 0 aliphatic rings. The van der Waals surface area contributed by atoms with Crippen molar-refractivity contribution in [3.63, 3.8) is 0 Å². The van der Waals surface area contributed by atoms with Gasteiger partial charge in [0.25, 0.3) is 0 Å². The largest absolute Gasteiger partial charge is 0.508 e. The van der Waals surface area contributed by atoms with E-state index in [9.17, 15) is 10.2 Å². The molecule has 2 aromatic rings. The number of hydrogen-bond acceptors (Lipinski definition) is 7. The number of anilines is 2. The van der Waals surface area contributed by atoms with Gasteiger partial charge in [-0.25, -0.2) is 4.98 Å². The van der Waals surface area contributed by atoms with E-state index in [0.29, 0.717) is 5.56 Å². The Morgan fingerprint density at radius 3 is 2.71 bits per heavy atom. The molecule has 0 spiro atoms. The number of benzene rings is 1. The first-order valence-electron chi connectivity index (χ1n) is 6.46. The summed E-state index contributed by atoms with van der Waals surface area (Å²) >= 11 is 0. The number of nitrogens with zero attached hydrogens (tertiary/aromatic N) is 2. The number of aromatic hydroxyl groups is 2. The molecule has 0 atom stereocenters. The molecule has 0 saturated carbocycles. The molecule has 1 aromatic heterocycles. The average Bonchev–Trinajstić information content (AvgIpc) is 2.46. The Morgan fingerprint density at radius 1 is 1.33 bits per heavy atom. The molecule has 2 rings (SSSR count). The van der Waals surface area contributed by atoms with E-state index in [2.05, 4.69) is 15.3 Å². The molecule has 21 heavy (non-hydrogen) atoms. The molecule has 0 unspecified atom stereocenters. The van der Waals surface area contributed by atoms with Crippen LogP contribution >= 0.6 is 0 Å². The first kappa shape index (κ1) is 14.6. The van der Waals surface area contributed by atoms with Gasteiger partial charge in [-0.15, -0.1) is 0 Å². The number of aromatic nitrogens is 2. The highest BCUT2D eigenvalue weighted by molar-refractivity contribution is 5.85. The van der Waals surface area contributed by atoms with Crippen LogP contribution in [-0.2, 0) is 13.0 Å². The number of aryl methyl sites for hydroxylation is 1. The summed E-state index contributed by atoms with van der Waals surface area (Å²) in [6.07, 6.45) is 1.81. The lowest BCUT2D eigenvalue weighted by molar-refractivity contribution is 0.454. The second-order valence-corrected chi connectivity index (χ2v) is 4.48. The topological polar surface area (TPSA) is 128 Å².